The van der Waals surface area contributed by atoms with E-state index < -0.39 is 0 Å². The van der Waals surface area contributed by atoms with Crippen molar-refractivity contribution in [1.29, 1.82) is 0 Å². The van der Waals surface area contributed by atoms with Gasteiger partial charge in [-0.25, -0.2) is 0 Å². The fraction of sp³-hybridized carbons (Fsp3) is 0. The van der Waals surface area contributed by atoms with Crippen LogP contribution in [0.25, 0.3) is 32.9 Å². The van der Waals surface area contributed by atoms with Crippen molar-refractivity contribution in [2.45, 2.75) is 0 Å². The Morgan fingerprint density at radius 2 is 0.972 bits per heavy atom. The Morgan fingerprint density at radius 3 is 1.39 bits per heavy atom. The molecule has 0 aliphatic heterocycles. The van der Waals surface area contributed by atoms with Crippen molar-refractivity contribution in [3.63, 3.8) is 0 Å². The van der Waals surface area contributed by atoms with Gasteiger partial charge in [-0.1, -0.05) is 48.5 Å². The summed E-state index contributed by atoms with van der Waals surface area (Å²) in [6.07, 6.45) is 3.59. The summed E-state index contributed by atoms with van der Waals surface area (Å²) in [7, 11) is 0. The van der Waals surface area contributed by atoms with Gasteiger partial charge in [0.25, 0.3) is 0 Å². The Kier molecular flexibility index (Phi) is 5.31. The second kappa shape index (κ2) is 8.92. The number of nitrogens with two attached hydrogens (primary N) is 2. The quantitative estimate of drug-likeness (QED) is 0.162. The number of nitrogens with zero attached hydrogens (tertiary/aromatic N) is 2. The lowest BCUT2D eigenvalue weighted by Crippen LogP contribution is -1.90. The predicted octanol–water partition coefficient (Wildman–Crippen LogP) is 6.98. The molecule has 0 radical (unpaired) electrons. The maximum absolute atomic E-state index is 6.33. The highest BCUT2D eigenvalue weighted by Gasteiger charge is 2.06. The van der Waals surface area contributed by atoms with Gasteiger partial charge in [-0.3, -0.25) is 9.98 Å². The number of hydrogen-bond acceptors (Lipinski definition) is 4. The second-order valence-corrected chi connectivity index (χ2v) is 8.69. The summed E-state index contributed by atoms with van der Waals surface area (Å²) in [5.74, 6) is 0. The van der Waals surface area contributed by atoms with Crippen molar-refractivity contribution in [2.24, 2.45) is 9.98 Å². The first kappa shape index (κ1) is 21.4. The summed E-state index contributed by atoms with van der Waals surface area (Å²) >= 11 is 0. The second-order valence-electron chi connectivity index (χ2n) is 8.69. The number of rotatable bonds is 5. The van der Waals surface area contributed by atoms with Gasteiger partial charge in [0.05, 0.1) is 46.6 Å². The van der Waals surface area contributed by atoms with Gasteiger partial charge in [0.2, 0.25) is 0 Å². The molecule has 0 unspecified atom stereocenters. The molecule has 6 N–H and O–H groups in total. The zero-order chi connectivity index (χ0) is 24.5. The molecule has 6 aromatic rings. The van der Waals surface area contributed by atoms with Crippen molar-refractivity contribution >= 4 is 57.0 Å². The van der Waals surface area contributed by atoms with Gasteiger partial charge >= 0.3 is 0 Å². The summed E-state index contributed by atoms with van der Waals surface area (Å²) < 4.78 is 0. The fourth-order valence-corrected chi connectivity index (χ4v) is 4.31. The average Bonchev–Trinajstić information content (AvgIpc) is 3.50. The van der Waals surface area contributed by atoms with Gasteiger partial charge in [0.1, 0.15) is 0 Å². The largest absolute Gasteiger partial charge is 0.397 e. The number of hydrogen-bond donors (Lipinski definition) is 4. The fourth-order valence-electron chi connectivity index (χ4n) is 4.31. The molecule has 0 aliphatic rings. The number of aromatic amines is 2. The lowest BCUT2D eigenvalue weighted by molar-refractivity contribution is 1.42. The molecule has 0 saturated carbocycles. The third-order valence-electron chi connectivity index (χ3n) is 6.18. The summed E-state index contributed by atoms with van der Waals surface area (Å²) in [6, 6.07) is 32.1. The van der Waals surface area contributed by atoms with E-state index in [1.165, 1.54) is 0 Å². The standard InChI is InChI=1S/C30H24N6/c31-25-15-19(9-11-29(25)33-17-23-13-21-5-1-3-7-27(21)35-23)20-10-12-30(26(32)16-20)34-18-24-14-22-6-2-4-8-28(22)36-24/h1-18,35-36H,31-32H2. The SMILES string of the molecule is Nc1cc(-c2ccc(N=Cc3cc4ccccc4[nH]3)c(N)c2)ccc1N=Cc1cc2ccccc2[nH]1. The molecule has 4 aromatic carbocycles. The van der Waals surface area contributed by atoms with Crippen LogP contribution in [0.4, 0.5) is 22.7 Å². The first-order valence-corrected chi connectivity index (χ1v) is 11.7. The number of benzene rings is 4. The maximum Gasteiger partial charge on any atom is 0.0860 e. The molecular weight excluding hydrogens is 444 g/mol. The smallest absolute Gasteiger partial charge is 0.0860 e. The van der Waals surface area contributed by atoms with Crippen LogP contribution in [-0.4, -0.2) is 22.4 Å². The Morgan fingerprint density at radius 1 is 0.528 bits per heavy atom. The van der Waals surface area contributed by atoms with Crippen molar-refractivity contribution in [3.8, 4) is 11.1 Å². The maximum atomic E-state index is 6.33. The molecule has 0 spiro atoms. The molecule has 2 aromatic heterocycles. The lowest BCUT2D eigenvalue weighted by Gasteiger charge is -2.08. The van der Waals surface area contributed by atoms with Crippen LogP contribution >= 0.6 is 0 Å². The molecule has 0 fully saturated rings. The van der Waals surface area contributed by atoms with Crippen LogP contribution < -0.4 is 11.5 Å². The Hall–Kier alpha value is -5.10. The molecule has 0 atom stereocenters. The number of nitrogen functional groups attached to an aromatic ring is 2. The number of nitrogens with one attached hydrogen (secondary N) is 2. The predicted molar refractivity (Wildman–Crippen MR) is 152 cm³/mol. The van der Waals surface area contributed by atoms with Gasteiger partial charge in [-0.05, 0) is 59.7 Å². The molecule has 174 valence electrons. The highest BCUT2D eigenvalue weighted by molar-refractivity contribution is 5.92. The topological polar surface area (TPSA) is 108 Å². The van der Waals surface area contributed by atoms with Crippen LogP contribution in [0.15, 0.2) is 107 Å². The van der Waals surface area contributed by atoms with E-state index >= 15 is 0 Å². The molecule has 2 heterocycles. The van der Waals surface area contributed by atoms with E-state index in [1.807, 2.05) is 72.8 Å². The van der Waals surface area contributed by atoms with E-state index in [4.69, 9.17) is 11.5 Å². The molecular formula is C30H24N6. The van der Waals surface area contributed by atoms with Crippen LogP contribution in [0.5, 0.6) is 0 Å². The lowest BCUT2D eigenvalue weighted by atomic mass is 10.0. The van der Waals surface area contributed by atoms with E-state index in [0.717, 1.165) is 44.3 Å². The molecule has 0 amide bonds. The first-order chi connectivity index (χ1) is 17.6. The molecule has 0 saturated heterocycles. The van der Waals surface area contributed by atoms with E-state index in [2.05, 4.69) is 44.2 Å². The van der Waals surface area contributed by atoms with Gasteiger partial charge in [-0.2, -0.15) is 0 Å². The zero-order valence-corrected chi connectivity index (χ0v) is 19.4. The highest BCUT2D eigenvalue weighted by atomic mass is 14.8. The molecule has 6 rings (SSSR count). The highest BCUT2D eigenvalue weighted by Crippen LogP contribution is 2.33. The van der Waals surface area contributed by atoms with E-state index in [1.54, 1.807) is 12.4 Å². The first-order valence-electron chi connectivity index (χ1n) is 11.7. The van der Waals surface area contributed by atoms with Crippen molar-refractivity contribution < 1.29 is 0 Å². The summed E-state index contributed by atoms with van der Waals surface area (Å²) in [6.45, 7) is 0. The summed E-state index contributed by atoms with van der Waals surface area (Å²) in [5, 5.41) is 2.29. The third-order valence-corrected chi connectivity index (χ3v) is 6.18. The molecule has 36 heavy (non-hydrogen) atoms. The number of para-hydroxylation sites is 2. The molecule has 0 bridgehead atoms. The normalized spacial score (nSPS) is 11.9. The number of fused-ring (bicyclic) bond motifs is 2. The molecule has 6 nitrogen and oxygen atoms in total. The van der Waals surface area contributed by atoms with E-state index in [-0.39, 0.29) is 0 Å². The van der Waals surface area contributed by atoms with Crippen LogP contribution in [-0.2, 0) is 0 Å². The Balaban J connectivity index is 1.20. The average molecular weight is 469 g/mol. The van der Waals surface area contributed by atoms with Crippen molar-refractivity contribution in [2.75, 3.05) is 11.5 Å². The molecule has 6 heteroatoms. The molecule has 0 aliphatic carbocycles. The van der Waals surface area contributed by atoms with Crippen molar-refractivity contribution in [1.82, 2.24) is 9.97 Å². The van der Waals surface area contributed by atoms with Gasteiger partial charge in [0, 0.05) is 21.8 Å². The zero-order valence-electron chi connectivity index (χ0n) is 19.4. The van der Waals surface area contributed by atoms with E-state index in [9.17, 15) is 0 Å². The number of aromatic nitrogens is 2. The third kappa shape index (κ3) is 4.23. The number of aliphatic imine (C=N–C) groups is 2. The Bertz CT molecular complexity index is 1570. The van der Waals surface area contributed by atoms with Crippen LogP contribution in [0, 0.1) is 0 Å². The minimum atomic E-state index is 0.597. The van der Waals surface area contributed by atoms with Crippen LogP contribution in [0.1, 0.15) is 11.4 Å². The van der Waals surface area contributed by atoms with Crippen LogP contribution in [0.3, 0.4) is 0 Å². The van der Waals surface area contributed by atoms with Gasteiger partial charge in [0.15, 0.2) is 0 Å². The monoisotopic (exact) mass is 468 g/mol. The minimum Gasteiger partial charge on any atom is -0.397 e. The van der Waals surface area contributed by atoms with Gasteiger partial charge < -0.3 is 21.4 Å². The number of anilines is 2. The number of H-pyrrole nitrogens is 2. The summed E-state index contributed by atoms with van der Waals surface area (Å²) in [5.41, 5.74) is 21.2. The van der Waals surface area contributed by atoms with E-state index in [0.29, 0.717) is 22.7 Å². The Labute approximate surface area is 208 Å². The minimum absolute atomic E-state index is 0.597. The summed E-state index contributed by atoms with van der Waals surface area (Å²) in [4.78, 5) is 15.8. The van der Waals surface area contributed by atoms with Crippen LogP contribution in [0.2, 0.25) is 0 Å². The van der Waals surface area contributed by atoms with Gasteiger partial charge in [-0.15, -0.1) is 0 Å². The van der Waals surface area contributed by atoms with Crippen molar-refractivity contribution in [3.05, 3.63) is 108 Å².